The number of nitrogens with zero attached hydrogens (tertiary/aromatic N) is 1. The second-order valence-corrected chi connectivity index (χ2v) is 7.30. The lowest BCUT2D eigenvalue weighted by Gasteiger charge is -2.39. The molecular weight excluding hydrogens is 358 g/mol. The van der Waals surface area contributed by atoms with Gasteiger partial charge in [0.1, 0.15) is 5.60 Å². The number of anilines is 1. The fourth-order valence-corrected chi connectivity index (χ4v) is 3.73. The highest BCUT2D eigenvalue weighted by molar-refractivity contribution is 6.33. The van der Waals surface area contributed by atoms with Crippen LogP contribution >= 0.6 is 11.6 Å². The van der Waals surface area contributed by atoms with Crippen molar-refractivity contribution < 1.29 is 9.53 Å². The molecule has 1 saturated heterocycles. The molecule has 0 radical (unpaired) electrons. The van der Waals surface area contributed by atoms with Gasteiger partial charge in [0.25, 0.3) is 0 Å². The van der Waals surface area contributed by atoms with Crippen molar-refractivity contribution >= 4 is 23.4 Å². The van der Waals surface area contributed by atoms with E-state index in [9.17, 15) is 4.79 Å². The van der Waals surface area contributed by atoms with E-state index in [1.165, 1.54) is 0 Å². The molecule has 3 nitrogen and oxygen atoms in total. The summed E-state index contributed by atoms with van der Waals surface area (Å²) in [5.74, 6) is 0. The third-order valence-electron chi connectivity index (χ3n) is 5.07. The van der Waals surface area contributed by atoms with Crippen LogP contribution in [0.25, 0.3) is 11.1 Å². The Hall–Kier alpha value is -2.78. The van der Waals surface area contributed by atoms with E-state index in [0.717, 1.165) is 28.8 Å². The normalized spacial score (nSPS) is 19.6. The molecule has 1 fully saturated rings. The van der Waals surface area contributed by atoms with Crippen molar-refractivity contribution in [2.45, 2.75) is 18.9 Å². The zero-order valence-electron chi connectivity index (χ0n) is 15.1. The van der Waals surface area contributed by atoms with E-state index in [4.69, 9.17) is 16.3 Å². The molecular formula is C23H20ClNO2. The number of carbonyl (C=O) groups is 1. The van der Waals surface area contributed by atoms with Crippen LogP contribution in [0, 0.1) is 0 Å². The summed E-state index contributed by atoms with van der Waals surface area (Å²) in [4.78, 5) is 14.5. The molecule has 4 rings (SSSR count). The first-order valence-electron chi connectivity index (χ1n) is 8.98. The van der Waals surface area contributed by atoms with Gasteiger partial charge < -0.3 is 4.74 Å². The summed E-state index contributed by atoms with van der Waals surface area (Å²) in [6, 6.07) is 25.4. The highest BCUT2D eigenvalue weighted by Crippen LogP contribution is 2.36. The van der Waals surface area contributed by atoms with E-state index in [0.29, 0.717) is 11.6 Å². The molecule has 3 aromatic rings. The molecule has 0 aliphatic carbocycles. The molecule has 27 heavy (non-hydrogen) atoms. The Bertz CT molecular complexity index is 973. The first-order chi connectivity index (χ1) is 13.1. The second kappa shape index (κ2) is 7.09. The van der Waals surface area contributed by atoms with Gasteiger partial charge in [0.05, 0.1) is 0 Å². The molecule has 4 heteroatoms. The van der Waals surface area contributed by atoms with Crippen LogP contribution in [0.4, 0.5) is 10.5 Å². The van der Waals surface area contributed by atoms with Gasteiger partial charge in [-0.3, -0.25) is 4.90 Å². The van der Waals surface area contributed by atoms with Crippen LogP contribution in [0.1, 0.15) is 18.9 Å². The molecule has 1 unspecified atom stereocenters. The van der Waals surface area contributed by atoms with Crippen LogP contribution in [-0.2, 0) is 10.3 Å². The Morgan fingerprint density at radius 3 is 2.44 bits per heavy atom. The predicted octanol–water partition coefficient (Wildman–Crippen LogP) is 6.27. The molecule has 136 valence electrons. The van der Waals surface area contributed by atoms with Crippen molar-refractivity contribution in [2.75, 3.05) is 11.4 Å². The number of rotatable bonds is 3. The topological polar surface area (TPSA) is 29.5 Å². The molecule has 3 aromatic carbocycles. The maximum absolute atomic E-state index is 12.8. The number of cyclic esters (lactones) is 1. The number of halogens is 1. The van der Waals surface area contributed by atoms with Crippen LogP contribution in [-0.4, -0.2) is 12.6 Å². The lowest BCUT2D eigenvalue weighted by Crippen LogP contribution is -2.46. The average Bonchev–Trinajstić information content (AvgIpc) is 2.69. The van der Waals surface area contributed by atoms with E-state index in [-0.39, 0.29) is 6.09 Å². The van der Waals surface area contributed by atoms with Gasteiger partial charge in [-0.05, 0) is 36.2 Å². The Morgan fingerprint density at radius 1 is 0.963 bits per heavy atom. The Morgan fingerprint density at radius 2 is 1.70 bits per heavy atom. The summed E-state index contributed by atoms with van der Waals surface area (Å²) in [7, 11) is 0. The highest BCUT2D eigenvalue weighted by atomic mass is 35.5. The predicted molar refractivity (Wildman–Crippen MR) is 109 cm³/mol. The van der Waals surface area contributed by atoms with Crippen molar-refractivity contribution in [2.24, 2.45) is 0 Å². The van der Waals surface area contributed by atoms with Gasteiger partial charge in [0, 0.05) is 29.2 Å². The van der Waals surface area contributed by atoms with Crippen molar-refractivity contribution in [3.8, 4) is 11.1 Å². The summed E-state index contributed by atoms with van der Waals surface area (Å²) in [6.07, 6.45) is 0.392. The first-order valence-corrected chi connectivity index (χ1v) is 9.36. The van der Waals surface area contributed by atoms with Crippen LogP contribution in [0.5, 0.6) is 0 Å². The molecule has 0 aromatic heterocycles. The lowest BCUT2D eigenvalue weighted by molar-refractivity contribution is 0.00583. The largest absolute Gasteiger partial charge is 0.438 e. The van der Waals surface area contributed by atoms with E-state index < -0.39 is 5.60 Å². The van der Waals surface area contributed by atoms with Crippen molar-refractivity contribution in [3.05, 3.63) is 89.4 Å². The summed E-state index contributed by atoms with van der Waals surface area (Å²) in [6.45, 7) is 2.56. The lowest BCUT2D eigenvalue weighted by atomic mass is 9.91. The van der Waals surface area contributed by atoms with Gasteiger partial charge >= 0.3 is 6.09 Å². The SMILES string of the molecule is CC1(c2ccccc2)CCN(c2cccc(-c3ccccc3Cl)c2)C(=O)O1. The smallest absolute Gasteiger partial charge is 0.415 e. The molecule has 1 amide bonds. The Balaban J connectivity index is 1.60. The summed E-state index contributed by atoms with van der Waals surface area (Å²) < 4.78 is 5.86. The van der Waals surface area contributed by atoms with E-state index in [1.54, 1.807) is 4.90 Å². The van der Waals surface area contributed by atoms with E-state index >= 15 is 0 Å². The van der Waals surface area contributed by atoms with E-state index in [2.05, 4.69) is 0 Å². The number of ether oxygens (including phenoxy) is 1. The highest BCUT2D eigenvalue weighted by Gasteiger charge is 2.38. The third kappa shape index (κ3) is 3.43. The number of hydrogen-bond acceptors (Lipinski definition) is 2. The maximum Gasteiger partial charge on any atom is 0.415 e. The van der Waals surface area contributed by atoms with Gasteiger partial charge in [-0.1, -0.05) is 72.3 Å². The van der Waals surface area contributed by atoms with Gasteiger partial charge in [0.2, 0.25) is 0 Å². The molecule has 1 aliphatic heterocycles. The second-order valence-electron chi connectivity index (χ2n) is 6.90. The number of hydrogen-bond donors (Lipinski definition) is 0. The zero-order valence-corrected chi connectivity index (χ0v) is 15.8. The van der Waals surface area contributed by atoms with Crippen molar-refractivity contribution in [3.63, 3.8) is 0 Å². The van der Waals surface area contributed by atoms with Crippen LogP contribution in [0.3, 0.4) is 0 Å². The summed E-state index contributed by atoms with van der Waals surface area (Å²) in [5.41, 5.74) is 3.15. The standard InChI is InChI=1S/C23H20ClNO2/c1-23(18-9-3-2-4-10-18)14-15-25(22(26)27-23)19-11-7-8-17(16-19)20-12-5-6-13-21(20)24/h2-13,16H,14-15H2,1H3. The monoisotopic (exact) mass is 377 g/mol. The quantitative estimate of drug-likeness (QED) is 0.538. The van der Waals surface area contributed by atoms with Gasteiger partial charge in [-0.25, -0.2) is 4.79 Å². The minimum Gasteiger partial charge on any atom is -0.438 e. The molecule has 1 atom stereocenters. The molecule has 1 heterocycles. The minimum absolute atomic E-state index is 0.330. The molecule has 0 N–H and O–H groups in total. The van der Waals surface area contributed by atoms with Crippen LogP contribution in [0.2, 0.25) is 5.02 Å². The minimum atomic E-state index is -0.602. The summed E-state index contributed by atoms with van der Waals surface area (Å²) in [5, 5.41) is 0.688. The maximum atomic E-state index is 12.8. The van der Waals surface area contributed by atoms with Crippen molar-refractivity contribution in [1.29, 1.82) is 0 Å². The van der Waals surface area contributed by atoms with Gasteiger partial charge in [-0.15, -0.1) is 0 Å². The molecule has 0 bridgehead atoms. The van der Waals surface area contributed by atoms with Gasteiger partial charge in [-0.2, -0.15) is 0 Å². The van der Waals surface area contributed by atoms with E-state index in [1.807, 2.05) is 85.8 Å². The zero-order chi connectivity index (χ0) is 18.9. The molecule has 1 aliphatic rings. The molecule has 0 spiro atoms. The average molecular weight is 378 g/mol. The Labute approximate surface area is 164 Å². The fraction of sp³-hybridized carbons (Fsp3) is 0.174. The third-order valence-corrected chi connectivity index (χ3v) is 5.40. The van der Waals surface area contributed by atoms with Crippen LogP contribution in [0.15, 0.2) is 78.9 Å². The first kappa shape index (κ1) is 17.6. The fourth-order valence-electron chi connectivity index (χ4n) is 3.48. The van der Waals surface area contributed by atoms with Crippen LogP contribution < -0.4 is 4.90 Å². The Kier molecular flexibility index (Phi) is 4.63. The summed E-state index contributed by atoms with van der Waals surface area (Å²) >= 11 is 6.33. The number of carbonyl (C=O) groups excluding carboxylic acids is 1. The molecule has 0 saturated carbocycles. The van der Waals surface area contributed by atoms with Gasteiger partial charge in [0.15, 0.2) is 0 Å². The number of amides is 1. The van der Waals surface area contributed by atoms with Crippen molar-refractivity contribution in [1.82, 2.24) is 0 Å². The number of benzene rings is 3.